The summed E-state index contributed by atoms with van der Waals surface area (Å²) in [6, 6.07) is 12.6. The SMILES string of the molecule is O=C(c1cccn1C1CC1)N1CC[C@@H](Cc2ccc(CO)cc2)C1. The van der Waals surface area contributed by atoms with Crippen molar-refractivity contribution in [1.82, 2.24) is 9.47 Å². The number of rotatable bonds is 5. The Morgan fingerprint density at radius 1 is 1.08 bits per heavy atom. The largest absolute Gasteiger partial charge is 0.392 e. The van der Waals surface area contributed by atoms with Crippen LogP contribution in [-0.4, -0.2) is 33.6 Å². The molecule has 1 N–H and O–H groups in total. The van der Waals surface area contributed by atoms with Crippen LogP contribution < -0.4 is 0 Å². The molecule has 1 aliphatic carbocycles. The highest BCUT2D eigenvalue weighted by Crippen LogP contribution is 2.36. The maximum absolute atomic E-state index is 12.8. The minimum Gasteiger partial charge on any atom is -0.392 e. The molecule has 1 aromatic heterocycles. The lowest BCUT2D eigenvalue weighted by Gasteiger charge is -2.18. The summed E-state index contributed by atoms with van der Waals surface area (Å²) in [7, 11) is 0. The molecule has 1 atom stereocenters. The van der Waals surface area contributed by atoms with Gasteiger partial charge in [-0.2, -0.15) is 0 Å². The predicted octanol–water partition coefficient (Wildman–Crippen LogP) is 3.02. The standard InChI is InChI=1S/C20H24N2O2/c23-14-16-5-3-15(4-6-16)12-17-9-11-21(13-17)20(24)19-2-1-10-22(19)18-7-8-18/h1-6,10,17-18,23H,7-9,11-14H2/t17-/m0/s1. The third-order valence-electron chi connectivity index (χ3n) is 5.24. The van der Waals surface area contributed by atoms with Crippen molar-refractivity contribution in [2.24, 2.45) is 5.92 Å². The van der Waals surface area contributed by atoms with E-state index in [1.54, 1.807) is 0 Å². The van der Waals surface area contributed by atoms with Crippen LogP contribution in [-0.2, 0) is 13.0 Å². The maximum Gasteiger partial charge on any atom is 0.270 e. The molecule has 2 fully saturated rings. The molecule has 1 aromatic carbocycles. The first-order valence-electron chi connectivity index (χ1n) is 8.89. The molecule has 0 radical (unpaired) electrons. The number of likely N-dealkylation sites (tertiary alicyclic amines) is 1. The zero-order chi connectivity index (χ0) is 16.5. The second kappa shape index (κ2) is 6.44. The zero-order valence-electron chi connectivity index (χ0n) is 13.9. The lowest BCUT2D eigenvalue weighted by atomic mass is 9.98. The highest BCUT2D eigenvalue weighted by Gasteiger charge is 2.31. The summed E-state index contributed by atoms with van der Waals surface area (Å²) < 4.78 is 2.16. The molecular formula is C20H24N2O2. The van der Waals surface area contributed by atoms with Crippen molar-refractivity contribution in [3.63, 3.8) is 0 Å². The quantitative estimate of drug-likeness (QED) is 0.919. The van der Waals surface area contributed by atoms with Gasteiger partial charge in [-0.3, -0.25) is 4.79 Å². The van der Waals surface area contributed by atoms with E-state index < -0.39 is 0 Å². The van der Waals surface area contributed by atoms with Crippen molar-refractivity contribution >= 4 is 5.91 Å². The molecule has 1 amide bonds. The third kappa shape index (κ3) is 3.11. The van der Waals surface area contributed by atoms with E-state index in [9.17, 15) is 4.79 Å². The topological polar surface area (TPSA) is 45.5 Å². The number of amides is 1. The lowest BCUT2D eigenvalue weighted by molar-refractivity contribution is 0.0776. The number of hydrogen-bond donors (Lipinski definition) is 1. The predicted molar refractivity (Wildman–Crippen MR) is 92.8 cm³/mol. The van der Waals surface area contributed by atoms with Crippen molar-refractivity contribution in [3.05, 3.63) is 59.4 Å². The second-order valence-corrected chi connectivity index (χ2v) is 7.12. The highest BCUT2D eigenvalue weighted by atomic mass is 16.3. The number of aliphatic hydroxyl groups excluding tert-OH is 1. The van der Waals surface area contributed by atoms with Crippen LogP contribution in [0.15, 0.2) is 42.6 Å². The van der Waals surface area contributed by atoms with Gasteiger partial charge in [0.05, 0.1) is 6.61 Å². The fraction of sp³-hybridized carbons (Fsp3) is 0.450. The Bertz CT molecular complexity index is 715. The molecule has 2 heterocycles. The van der Waals surface area contributed by atoms with Crippen LogP contribution in [0.2, 0.25) is 0 Å². The van der Waals surface area contributed by atoms with Crippen LogP contribution in [0.25, 0.3) is 0 Å². The van der Waals surface area contributed by atoms with E-state index in [-0.39, 0.29) is 12.5 Å². The van der Waals surface area contributed by atoms with Gasteiger partial charge in [0, 0.05) is 25.3 Å². The van der Waals surface area contributed by atoms with Crippen molar-refractivity contribution in [1.29, 1.82) is 0 Å². The zero-order valence-corrected chi connectivity index (χ0v) is 13.9. The van der Waals surface area contributed by atoms with Crippen LogP contribution in [0.3, 0.4) is 0 Å². The summed E-state index contributed by atoms with van der Waals surface area (Å²) in [4.78, 5) is 14.8. The molecule has 24 heavy (non-hydrogen) atoms. The smallest absolute Gasteiger partial charge is 0.270 e. The van der Waals surface area contributed by atoms with Gasteiger partial charge in [-0.25, -0.2) is 0 Å². The molecule has 1 saturated carbocycles. The fourth-order valence-corrected chi connectivity index (χ4v) is 3.71. The summed E-state index contributed by atoms with van der Waals surface area (Å²) in [6.07, 6.45) is 6.50. The third-order valence-corrected chi connectivity index (χ3v) is 5.24. The van der Waals surface area contributed by atoms with Crippen molar-refractivity contribution in [3.8, 4) is 0 Å². The first-order valence-corrected chi connectivity index (χ1v) is 8.89. The monoisotopic (exact) mass is 324 g/mol. The molecular weight excluding hydrogens is 300 g/mol. The Balaban J connectivity index is 1.38. The normalized spacial score (nSPS) is 20.5. The van der Waals surface area contributed by atoms with E-state index in [2.05, 4.69) is 16.7 Å². The van der Waals surface area contributed by atoms with Crippen LogP contribution in [0.5, 0.6) is 0 Å². The highest BCUT2D eigenvalue weighted by molar-refractivity contribution is 5.93. The summed E-state index contributed by atoms with van der Waals surface area (Å²) >= 11 is 0. The van der Waals surface area contributed by atoms with Gasteiger partial charge in [0.25, 0.3) is 5.91 Å². The van der Waals surface area contributed by atoms with Crippen LogP contribution in [0.1, 0.15) is 46.9 Å². The first kappa shape index (κ1) is 15.5. The van der Waals surface area contributed by atoms with Crippen LogP contribution >= 0.6 is 0 Å². The van der Waals surface area contributed by atoms with Gasteiger partial charge < -0.3 is 14.6 Å². The summed E-state index contributed by atoms with van der Waals surface area (Å²) in [5.74, 6) is 0.711. The maximum atomic E-state index is 12.8. The van der Waals surface area contributed by atoms with Gasteiger partial charge in [0.2, 0.25) is 0 Å². The van der Waals surface area contributed by atoms with Gasteiger partial charge in [0.15, 0.2) is 0 Å². The minimum atomic E-state index is 0.0899. The minimum absolute atomic E-state index is 0.0899. The van der Waals surface area contributed by atoms with Gasteiger partial charge in [-0.05, 0) is 54.9 Å². The molecule has 0 unspecified atom stereocenters. The van der Waals surface area contributed by atoms with E-state index in [0.29, 0.717) is 12.0 Å². The number of nitrogens with zero attached hydrogens (tertiary/aromatic N) is 2. The molecule has 2 aliphatic rings. The molecule has 1 saturated heterocycles. The van der Waals surface area contributed by atoms with E-state index in [4.69, 9.17) is 5.11 Å². The first-order chi connectivity index (χ1) is 11.7. The number of aromatic nitrogens is 1. The Kier molecular flexibility index (Phi) is 4.15. The number of benzene rings is 1. The Morgan fingerprint density at radius 2 is 1.83 bits per heavy atom. The van der Waals surface area contributed by atoms with Crippen molar-refractivity contribution in [2.75, 3.05) is 13.1 Å². The average Bonchev–Trinajstić information content (AvgIpc) is 3.15. The Labute approximate surface area is 142 Å². The van der Waals surface area contributed by atoms with E-state index in [1.165, 1.54) is 18.4 Å². The summed E-state index contributed by atoms with van der Waals surface area (Å²) in [5.41, 5.74) is 3.08. The van der Waals surface area contributed by atoms with E-state index in [0.717, 1.165) is 37.2 Å². The second-order valence-electron chi connectivity index (χ2n) is 7.12. The van der Waals surface area contributed by atoms with Gasteiger partial charge in [-0.1, -0.05) is 24.3 Å². The molecule has 1 aliphatic heterocycles. The van der Waals surface area contributed by atoms with Gasteiger partial charge in [-0.15, -0.1) is 0 Å². The molecule has 0 spiro atoms. The summed E-state index contributed by atoms with van der Waals surface area (Å²) in [5, 5.41) is 9.12. The van der Waals surface area contributed by atoms with Gasteiger partial charge in [0.1, 0.15) is 5.69 Å². The molecule has 4 rings (SSSR count). The van der Waals surface area contributed by atoms with Crippen LogP contribution in [0.4, 0.5) is 0 Å². The molecule has 126 valence electrons. The Hall–Kier alpha value is -2.07. The number of carbonyl (C=O) groups is 1. The molecule has 4 heteroatoms. The molecule has 4 nitrogen and oxygen atoms in total. The Morgan fingerprint density at radius 3 is 2.54 bits per heavy atom. The van der Waals surface area contributed by atoms with Crippen molar-refractivity contribution in [2.45, 2.75) is 38.3 Å². The number of carbonyl (C=O) groups excluding carboxylic acids is 1. The van der Waals surface area contributed by atoms with E-state index >= 15 is 0 Å². The molecule has 2 aromatic rings. The van der Waals surface area contributed by atoms with Crippen LogP contribution in [0, 0.1) is 5.92 Å². The van der Waals surface area contributed by atoms with E-state index in [1.807, 2.05) is 35.4 Å². The van der Waals surface area contributed by atoms with Gasteiger partial charge >= 0.3 is 0 Å². The molecule has 0 bridgehead atoms. The number of aliphatic hydroxyl groups is 1. The number of hydrogen-bond acceptors (Lipinski definition) is 2. The lowest BCUT2D eigenvalue weighted by Crippen LogP contribution is -2.30. The average molecular weight is 324 g/mol. The summed E-state index contributed by atoms with van der Waals surface area (Å²) in [6.45, 7) is 1.79. The fourth-order valence-electron chi connectivity index (χ4n) is 3.71. The van der Waals surface area contributed by atoms with Crippen molar-refractivity contribution < 1.29 is 9.90 Å².